The van der Waals surface area contributed by atoms with E-state index in [0.717, 1.165) is 37.1 Å². The highest BCUT2D eigenvalue weighted by molar-refractivity contribution is 6.04. The molecule has 3 aliphatic heterocycles. The maximum absolute atomic E-state index is 13.3. The fourth-order valence-corrected chi connectivity index (χ4v) is 5.16. The van der Waals surface area contributed by atoms with Gasteiger partial charge in [0.2, 0.25) is 11.8 Å². The summed E-state index contributed by atoms with van der Waals surface area (Å²) in [4.78, 5) is 54.1. The number of hydrogen-bond donors (Lipinski definition) is 1. The van der Waals surface area contributed by atoms with Gasteiger partial charge in [-0.15, -0.1) is 0 Å². The van der Waals surface area contributed by atoms with Crippen molar-refractivity contribution in [1.82, 2.24) is 20.0 Å². The average Bonchev–Trinajstić information content (AvgIpc) is 3.24. The topological polar surface area (TPSA) is 90.0 Å². The van der Waals surface area contributed by atoms with Gasteiger partial charge in [-0.05, 0) is 32.1 Å². The van der Waals surface area contributed by atoms with Gasteiger partial charge in [0.15, 0.2) is 0 Å². The van der Waals surface area contributed by atoms with Crippen molar-refractivity contribution in [3.05, 3.63) is 0 Å². The van der Waals surface area contributed by atoms with Crippen molar-refractivity contribution in [3.8, 4) is 0 Å². The normalized spacial score (nSPS) is 29.8. The number of carbonyl (C=O) groups excluding carboxylic acids is 4. The van der Waals surface area contributed by atoms with E-state index in [1.807, 2.05) is 0 Å². The third kappa shape index (κ3) is 3.30. The van der Waals surface area contributed by atoms with Gasteiger partial charge in [0.1, 0.15) is 6.54 Å². The Labute approximate surface area is 159 Å². The average molecular weight is 376 g/mol. The number of urea groups is 1. The summed E-state index contributed by atoms with van der Waals surface area (Å²) >= 11 is 0. The molecule has 1 N–H and O–H groups in total. The number of carbonyl (C=O) groups is 4. The molecule has 0 aromatic carbocycles. The van der Waals surface area contributed by atoms with Crippen molar-refractivity contribution in [1.29, 1.82) is 0 Å². The molecule has 0 unspecified atom stereocenters. The van der Waals surface area contributed by atoms with Crippen LogP contribution in [-0.2, 0) is 14.4 Å². The van der Waals surface area contributed by atoms with Crippen LogP contribution in [0, 0.1) is 5.41 Å². The molecule has 5 amide bonds. The van der Waals surface area contributed by atoms with Crippen LogP contribution < -0.4 is 5.32 Å². The Morgan fingerprint density at radius 3 is 2.52 bits per heavy atom. The summed E-state index contributed by atoms with van der Waals surface area (Å²) in [6.07, 6.45) is 8.32. The zero-order chi connectivity index (χ0) is 19.0. The van der Waals surface area contributed by atoms with E-state index in [-0.39, 0.29) is 30.8 Å². The summed E-state index contributed by atoms with van der Waals surface area (Å²) < 4.78 is 0. The van der Waals surface area contributed by atoms with Crippen LogP contribution in [0.3, 0.4) is 0 Å². The van der Waals surface area contributed by atoms with E-state index < -0.39 is 11.4 Å². The molecule has 1 atom stereocenters. The van der Waals surface area contributed by atoms with Crippen LogP contribution in [0.4, 0.5) is 4.79 Å². The van der Waals surface area contributed by atoms with Crippen LogP contribution in [0.25, 0.3) is 0 Å². The number of nitrogens with zero attached hydrogens (tertiary/aromatic N) is 3. The standard InChI is InChI=1S/C19H28N4O4/c24-15-11-20-18(27)23(15)12-16(25)21-10-8-19(13-21)7-4-9-22(17(19)26)14-5-2-1-3-6-14/h14H,1-13H2,(H,20,27)/t19-/m1/s1. The van der Waals surface area contributed by atoms with E-state index in [4.69, 9.17) is 0 Å². The van der Waals surface area contributed by atoms with Gasteiger partial charge in [0.25, 0.3) is 5.91 Å². The number of rotatable bonds is 3. The van der Waals surface area contributed by atoms with E-state index in [1.165, 1.54) is 19.3 Å². The second-order valence-corrected chi connectivity index (χ2v) is 8.38. The second-order valence-electron chi connectivity index (χ2n) is 8.38. The Bertz CT molecular complexity index is 644. The summed E-state index contributed by atoms with van der Waals surface area (Å²) in [5, 5.41) is 2.43. The van der Waals surface area contributed by atoms with Crippen molar-refractivity contribution in [2.45, 2.75) is 57.4 Å². The molecule has 27 heavy (non-hydrogen) atoms. The van der Waals surface area contributed by atoms with E-state index in [2.05, 4.69) is 10.2 Å². The number of nitrogens with one attached hydrogen (secondary N) is 1. The molecular formula is C19H28N4O4. The molecule has 4 aliphatic rings. The number of likely N-dealkylation sites (tertiary alicyclic amines) is 2. The molecule has 4 fully saturated rings. The molecular weight excluding hydrogens is 348 g/mol. The van der Waals surface area contributed by atoms with Gasteiger partial charge in [-0.2, -0.15) is 0 Å². The van der Waals surface area contributed by atoms with Gasteiger partial charge in [0, 0.05) is 25.7 Å². The van der Waals surface area contributed by atoms with Crippen molar-refractivity contribution < 1.29 is 19.2 Å². The number of imide groups is 1. The Kier molecular flexibility index (Phi) is 4.82. The molecule has 4 rings (SSSR count). The maximum Gasteiger partial charge on any atom is 0.325 e. The first-order chi connectivity index (χ1) is 13.0. The van der Waals surface area contributed by atoms with E-state index in [1.54, 1.807) is 4.90 Å². The first-order valence-electron chi connectivity index (χ1n) is 10.2. The predicted molar refractivity (Wildman–Crippen MR) is 96.6 cm³/mol. The van der Waals surface area contributed by atoms with Crippen LogP contribution >= 0.6 is 0 Å². The fourth-order valence-electron chi connectivity index (χ4n) is 5.16. The van der Waals surface area contributed by atoms with Gasteiger partial charge in [-0.3, -0.25) is 19.3 Å². The maximum atomic E-state index is 13.3. The van der Waals surface area contributed by atoms with Crippen molar-refractivity contribution >= 4 is 23.8 Å². The number of hydrogen-bond acceptors (Lipinski definition) is 4. The summed E-state index contributed by atoms with van der Waals surface area (Å²) in [5.41, 5.74) is -0.470. The monoisotopic (exact) mass is 376 g/mol. The van der Waals surface area contributed by atoms with Gasteiger partial charge in [0.05, 0.1) is 12.0 Å². The van der Waals surface area contributed by atoms with Crippen LogP contribution in [0.2, 0.25) is 0 Å². The lowest BCUT2D eigenvalue weighted by Gasteiger charge is -2.44. The minimum Gasteiger partial charge on any atom is -0.340 e. The molecule has 8 nitrogen and oxygen atoms in total. The molecule has 0 bridgehead atoms. The van der Waals surface area contributed by atoms with E-state index in [0.29, 0.717) is 25.6 Å². The number of amides is 5. The van der Waals surface area contributed by atoms with Crippen LogP contribution in [-0.4, -0.2) is 77.2 Å². The van der Waals surface area contributed by atoms with Gasteiger partial charge < -0.3 is 15.1 Å². The summed E-state index contributed by atoms with van der Waals surface area (Å²) in [5.74, 6) is -0.412. The SMILES string of the molecule is O=C(CN1C(=O)CNC1=O)N1CC[C@]2(CCCN(C3CCCCC3)C2=O)C1. The number of piperidine rings is 1. The minimum atomic E-state index is -0.514. The summed E-state index contributed by atoms with van der Waals surface area (Å²) in [6, 6.07) is -0.154. The Morgan fingerprint density at radius 1 is 1.04 bits per heavy atom. The smallest absolute Gasteiger partial charge is 0.325 e. The van der Waals surface area contributed by atoms with Crippen molar-refractivity contribution in [3.63, 3.8) is 0 Å². The molecule has 3 saturated heterocycles. The largest absolute Gasteiger partial charge is 0.340 e. The molecule has 0 aromatic heterocycles. The minimum absolute atomic E-state index is 0.0507. The lowest BCUT2D eigenvalue weighted by atomic mass is 9.77. The molecule has 0 aromatic rings. The van der Waals surface area contributed by atoms with Crippen LogP contribution in [0.5, 0.6) is 0 Å². The molecule has 1 spiro atoms. The van der Waals surface area contributed by atoms with Gasteiger partial charge >= 0.3 is 6.03 Å². The quantitative estimate of drug-likeness (QED) is 0.735. The highest BCUT2D eigenvalue weighted by Crippen LogP contribution is 2.42. The highest BCUT2D eigenvalue weighted by Gasteiger charge is 2.50. The fraction of sp³-hybridized carbons (Fsp3) is 0.789. The molecule has 3 heterocycles. The Balaban J connectivity index is 1.41. The Hall–Kier alpha value is -2.12. The van der Waals surface area contributed by atoms with E-state index in [9.17, 15) is 19.2 Å². The summed E-state index contributed by atoms with van der Waals surface area (Å²) in [6.45, 7) is 1.48. The van der Waals surface area contributed by atoms with Crippen molar-refractivity contribution in [2.24, 2.45) is 5.41 Å². The second kappa shape index (κ2) is 7.13. The predicted octanol–water partition coefficient (Wildman–Crippen LogP) is 0.712. The van der Waals surface area contributed by atoms with Gasteiger partial charge in [-0.25, -0.2) is 4.79 Å². The molecule has 1 saturated carbocycles. The first kappa shape index (κ1) is 18.3. The van der Waals surface area contributed by atoms with Crippen LogP contribution in [0.1, 0.15) is 51.4 Å². The lowest BCUT2D eigenvalue weighted by molar-refractivity contribution is -0.149. The van der Waals surface area contributed by atoms with E-state index >= 15 is 0 Å². The molecule has 8 heteroatoms. The van der Waals surface area contributed by atoms with Crippen molar-refractivity contribution in [2.75, 3.05) is 32.7 Å². The molecule has 0 radical (unpaired) electrons. The lowest BCUT2D eigenvalue weighted by Crippen LogP contribution is -2.54. The highest BCUT2D eigenvalue weighted by atomic mass is 16.2. The van der Waals surface area contributed by atoms with Gasteiger partial charge in [-0.1, -0.05) is 19.3 Å². The Morgan fingerprint density at radius 2 is 1.81 bits per heavy atom. The zero-order valence-electron chi connectivity index (χ0n) is 15.7. The molecule has 148 valence electrons. The summed E-state index contributed by atoms with van der Waals surface area (Å²) in [7, 11) is 0. The first-order valence-corrected chi connectivity index (χ1v) is 10.2. The van der Waals surface area contributed by atoms with Crippen LogP contribution in [0.15, 0.2) is 0 Å². The third-order valence-corrected chi connectivity index (χ3v) is 6.72. The third-order valence-electron chi connectivity index (χ3n) is 6.72. The molecule has 1 aliphatic carbocycles. The zero-order valence-corrected chi connectivity index (χ0v) is 15.7.